The second-order valence-corrected chi connectivity index (χ2v) is 6.68. The van der Waals surface area contributed by atoms with Crippen LogP contribution in [0, 0.1) is 6.92 Å². The highest BCUT2D eigenvalue weighted by Crippen LogP contribution is 2.31. The zero-order valence-corrected chi connectivity index (χ0v) is 13.5. The summed E-state index contributed by atoms with van der Waals surface area (Å²) in [6.45, 7) is 2.21. The number of rotatable bonds is 3. The standard InChI is InChI=1S/C15H21BrN2O2/c1-10-12(7-11(16)8-13(10)17)14(19)18(2)9-15(20)5-3-4-6-15/h7-8,20H,3-6,9,17H2,1-2H3. The van der Waals surface area contributed by atoms with Crippen molar-refractivity contribution < 1.29 is 9.90 Å². The summed E-state index contributed by atoms with van der Waals surface area (Å²) in [5.41, 5.74) is 7.13. The van der Waals surface area contributed by atoms with Crippen LogP contribution in [-0.4, -0.2) is 35.1 Å². The smallest absolute Gasteiger partial charge is 0.254 e. The zero-order chi connectivity index (χ0) is 14.9. The molecule has 0 radical (unpaired) electrons. The van der Waals surface area contributed by atoms with Gasteiger partial charge in [-0.25, -0.2) is 0 Å². The fourth-order valence-electron chi connectivity index (χ4n) is 2.83. The normalized spacial score (nSPS) is 17.2. The van der Waals surface area contributed by atoms with E-state index in [1.54, 1.807) is 24.1 Å². The molecule has 4 nitrogen and oxygen atoms in total. The molecule has 1 aromatic carbocycles. The van der Waals surface area contributed by atoms with E-state index >= 15 is 0 Å². The quantitative estimate of drug-likeness (QED) is 0.831. The molecule has 0 heterocycles. The number of nitrogens with zero attached hydrogens (tertiary/aromatic N) is 1. The largest absolute Gasteiger partial charge is 0.398 e. The van der Waals surface area contributed by atoms with E-state index in [-0.39, 0.29) is 5.91 Å². The van der Waals surface area contributed by atoms with E-state index in [9.17, 15) is 9.90 Å². The lowest BCUT2D eigenvalue weighted by molar-refractivity contribution is 0.0156. The Labute approximate surface area is 128 Å². The van der Waals surface area contributed by atoms with Crippen LogP contribution in [0.25, 0.3) is 0 Å². The number of halogens is 1. The van der Waals surface area contributed by atoms with Gasteiger partial charge >= 0.3 is 0 Å². The Balaban J connectivity index is 2.18. The molecule has 0 aliphatic heterocycles. The summed E-state index contributed by atoms with van der Waals surface area (Å²) in [6.07, 6.45) is 3.59. The predicted octanol–water partition coefficient (Wildman–Crippen LogP) is 2.72. The van der Waals surface area contributed by atoms with Gasteiger partial charge in [0.1, 0.15) is 0 Å². The third kappa shape index (κ3) is 3.15. The van der Waals surface area contributed by atoms with Crippen LogP contribution >= 0.6 is 15.9 Å². The molecule has 1 aliphatic carbocycles. The van der Waals surface area contributed by atoms with Crippen LogP contribution in [0.2, 0.25) is 0 Å². The van der Waals surface area contributed by atoms with Crippen LogP contribution in [0.1, 0.15) is 41.6 Å². The second-order valence-electron chi connectivity index (χ2n) is 5.76. The SMILES string of the molecule is Cc1c(N)cc(Br)cc1C(=O)N(C)CC1(O)CCCC1. The molecule has 0 saturated heterocycles. The Morgan fingerprint density at radius 3 is 2.65 bits per heavy atom. The minimum absolute atomic E-state index is 0.101. The van der Waals surface area contributed by atoms with Crippen LogP contribution in [0.5, 0.6) is 0 Å². The first-order chi connectivity index (χ1) is 9.32. The van der Waals surface area contributed by atoms with Gasteiger partial charge in [-0.1, -0.05) is 28.8 Å². The number of anilines is 1. The number of amides is 1. The molecule has 1 fully saturated rings. The van der Waals surface area contributed by atoms with Crippen LogP contribution in [0.4, 0.5) is 5.69 Å². The van der Waals surface area contributed by atoms with Gasteiger partial charge in [-0.15, -0.1) is 0 Å². The van der Waals surface area contributed by atoms with Crippen molar-refractivity contribution in [2.45, 2.75) is 38.2 Å². The number of carbonyl (C=O) groups is 1. The van der Waals surface area contributed by atoms with E-state index in [1.165, 1.54) is 0 Å². The summed E-state index contributed by atoms with van der Waals surface area (Å²) in [4.78, 5) is 14.1. The van der Waals surface area contributed by atoms with Gasteiger partial charge in [-0.2, -0.15) is 0 Å². The summed E-state index contributed by atoms with van der Waals surface area (Å²) in [7, 11) is 1.73. The zero-order valence-electron chi connectivity index (χ0n) is 11.9. The summed E-state index contributed by atoms with van der Waals surface area (Å²) in [6, 6.07) is 3.57. The Morgan fingerprint density at radius 1 is 1.45 bits per heavy atom. The summed E-state index contributed by atoms with van der Waals surface area (Å²) in [5.74, 6) is -0.101. The molecule has 20 heavy (non-hydrogen) atoms. The molecule has 2 rings (SSSR count). The Hall–Kier alpha value is -1.07. The number of nitrogens with two attached hydrogens (primary N) is 1. The van der Waals surface area contributed by atoms with Gasteiger partial charge in [-0.05, 0) is 37.5 Å². The van der Waals surface area contributed by atoms with Gasteiger partial charge in [0.25, 0.3) is 5.91 Å². The maximum atomic E-state index is 12.5. The monoisotopic (exact) mass is 340 g/mol. The lowest BCUT2D eigenvalue weighted by Gasteiger charge is -2.29. The van der Waals surface area contributed by atoms with Crippen molar-refractivity contribution in [3.63, 3.8) is 0 Å². The molecule has 110 valence electrons. The molecular formula is C15H21BrN2O2. The van der Waals surface area contributed by atoms with E-state index in [0.717, 1.165) is 35.7 Å². The fraction of sp³-hybridized carbons (Fsp3) is 0.533. The van der Waals surface area contributed by atoms with E-state index < -0.39 is 5.60 Å². The first kappa shape index (κ1) is 15.3. The number of hydrogen-bond acceptors (Lipinski definition) is 3. The maximum absolute atomic E-state index is 12.5. The number of aliphatic hydroxyl groups is 1. The molecule has 0 bridgehead atoms. The summed E-state index contributed by atoms with van der Waals surface area (Å²) < 4.78 is 0.789. The third-order valence-corrected chi connectivity index (χ3v) is 4.51. The lowest BCUT2D eigenvalue weighted by atomic mass is 10.0. The fourth-order valence-corrected chi connectivity index (χ4v) is 3.31. The molecule has 1 saturated carbocycles. The highest BCUT2D eigenvalue weighted by molar-refractivity contribution is 9.10. The van der Waals surface area contributed by atoms with Gasteiger partial charge in [-0.3, -0.25) is 4.79 Å². The van der Waals surface area contributed by atoms with Crippen LogP contribution in [-0.2, 0) is 0 Å². The van der Waals surface area contributed by atoms with E-state index in [2.05, 4.69) is 15.9 Å². The number of nitrogen functional groups attached to an aromatic ring is 1. The summed E-state index contributed by atoms with van der Waals surface area (Å²) >= 11 is 3.36. The van der Waals surface area contributed by atoms with Crippen molar-refractivity contribution >= 4 is 27.5 Å². The van der Waals surface area contributed by atoms with E-state index in [1.807, 2.05) is 6.92 Å². The molecule has 1 aromatic rings. The van der Waals surface area contributed by atoms with Gasteiger partial charge in [0.05, 0.1) is 5.60 Å². The first-order valence-corrected chi connectivity index (χ1v) is 7.65. The van der Waals surface area contributed by atoms with Crippen molar-refractivity contribution in [2.24, 2.45) is 0 Å². The number of likely N-dealkylation sites (N-methyl/N-ethyl adjacent to an activating group) is 1. The highest BCUT2D eigenvalue weighted by Gasteiger charge is 2.33. The van der Waals surface area contributed by atoms with Crippen LogP contribution < -0.4 is 5.73 Å². The molecule has 0 aromatic heterocycles. The van der Waals surface area contributed by atoms with Crippen LogP contribution in [0.3, 0.4) is 0 Å². The van der Waals surface area contributed by atoms with Gasteiger partial charge in [0.2, 0.25) is 0 Å². The molecule has 5 heteroatoms. The molecule has 1 aliphatic rings. The third-order valence-electron chi connectivity index (χ3n) is 4.06. The minimum atomic E-state index is -0.726. The Kier molecular flexibility index (Phi) is 4.39. The topological polar surface area (TPSA) is 66.6 Å². The maximum Gasteiger partial charge on any atom is 0.254 e. The van der Waals surface area contributed by atoms with Crippen molar-refractivity contribution in [1.29, 1.82) is 0 Å². The Morgan fingerprint density at radius 2 is 2.05 bits per heavy atom. The number of carbonyl (C=O) groups excluding carboxylic acids is 1. The molecule has 0 atom stereocenters. The van der Waals surface area contributed by atoms with Crippen LogP contribution in [0.15, 0.2) is 16.6 Å². The van der Waals surface area contributed by atoms with Crippen molar-refractivity contribution in [3.05, 3.63) is 27.7 Å². The Bertz CT molecular complexity index is 525. The number of hydrogen-bond donors (Lipinski definition) is 2. The molecule has 0 spiro atoms. The second kappa shape index (κ2) is 5.74. The van der Waals surface area contributed by atoms with E-state index in [0.29, 0.717) is 17.8 Å². The average Bonchev–Trinajstić information content (AvgIpc) is 2.79. The lowest BCUT2D eigenvalue weighted by Crippen LogP contribution is -2.42. The van der Waals surface area contributed by atoms with Crippen molar-refractivity contribution in [2.75, 3.05) is 19.3 Å². The van der Waals surface area contributed by atoms with E-state index in [4.69, 9.17) is 5.73 Å². The van der Waals surface area contributed by atoms with Crippen molar-refractivity contribution in [1.82, 2.24) is 4.90 Å². The molecule has 1 amide bonds. The van der Waals surface area contributed by atoms with Crippen molar-refractivity contribution in [3.8, 4) is 0 Å². The summed E-state index contributed by atoms with van der Waals surface area (Å²) in [5, 5.41) is 10.4. The molecule has 3 N–H and O–H groups in total. The first-order valence-electron chi connectivity index (χ1n) is 6.86. The highest BCUT2D eigenvalue weighted by atomic mass is 79.9. The average molecular weight is 341 g/mol. The predicted molar refractivity (Wildman–Crippen MR) is 83.7 cm³/mol. The minimum Gasteiger partial charge on any atom is -0.398 e. The van der Waals surface area contributed by atoms with Gasteiger partial charge in [0, 0.05) is 29.3 Å². The van der Waals surface area contributed by atoms with Gasteiger partial charge in [0.15, 0.2) is 0 Å². The molecular weight excluding hydrogens is 320 g/mol. The van der Waals surface area contributed by atoms with Gasteiger partial charge < -0.3 is 15.7 Å². The number of benzene rings is 1. The molecule has 0 unspecified atom stereocenters.